The maximum absolute atomic E-state index is 4.69. The summed E-state index contributed by atoms with van der Waals surface area (Å²) in [5.74, 6) is 0. The first-order valence-corrected chi connectivity index (χ1v) is 5.99. The third kappa shape index (κ3) is 2.07. The summed E-state index contributed by atoms with van der Waals surface area (Å²) in [5, 5.41) is 0. The molecule has 0 spiro atoms. The number of rotatable bonds is 2. The van der Waals surface area contributed by atoms with Gasteiger partial charge < -0.3 is 0 Å². The normalized spacial score (nSPS) is 10.7. The Morgan fingerprint density at radius 2 is 1.56 bits per heavy atom. The third-order valence-corrected chi connectivity index (χ3v) is 2.95. The lowest BCUT2D eigenvalue weighted by Crippen LogP contribution is -2.33. The van der Waals surface area contributed by atoms with Gasteiger partial charge in [-0.05, 0) is 19.1 Å². The molecule has 0 saturated heterocycles. The van der Waals surface area contributed by atoms with E-state index in [4.69, 9.17) is 0 Å². The maximum atomic E-state index is 4.69. The quantitative estimate of drug-likeness (QED) is 0.639. The highest BCUT2D eigenvalue weighted by atomic mass is 15.0. The number of fused-ring (bicyclic) bond motifs is 1. The number of benzene rings is 1. The molecule has 0 saturated carbocycles. The summed E-state index contributed by atoms with van der Waals surface area (Å²) in [6.45, 7) is 2.77. The Morgan fingerprint density at radius 3 is 2.28 bits per heavy atom. The van der Waals surface area contributed by atoms with Crippen LogP contribution in [0.3, 0.4) is 0 Å². The molecule has 0 bridgehead atoms. The van der Waals surface area contributed by atoms with Crippen molar-refractivity contribution in [2.75, 3.05) is 0 Å². The van der Waals surface area contributed by atoms with Gasteiger partial charge in [0.05, 0.1) is 16.7 Å². The first-order chi connectivity index (χ1) is 8.83. The molecule has 0 aliphatic heterocycles. The number of nitrogens with zero attached hydrogens (tertiary/aromatic N) is 3. The molecule has 3 heteroatoms. The van der Waals surface area contributed by atoms with Crippen LogP contribution < -0.4 is 4.57 Å². The van der Waals surface area contributed by atoms with Crippen LogP contribution in [0.1, 0.15) is 11.4 Å². The molecule has 2 aromatic heterocycles. The van der Waals surface area contributed by atoms with Crippen LogP contribution in [0.15, 0.2) is 54.9 Å². The molecule has 0 unspecified atom stereocenters. The molecule has 0 radical (unpaired) electrons. The van der Waals surface area contributed by atoms with Gasteiger partial charge in [-0.3, -0.25) is 0 Å². The molecule has 88 valence electrons. The van der Waals surface area contributed by atoms with E-state index in [1.807, 2.05) is 61.8 Å². The molecular formula is C15H14N3+. The molecule has 0 aliphatic rings. The Morgan fingerprint density at radius 1 is 0.889 bits per heavy atom. The van der Waals surface area contributed by atoms with Gasteiger partial charge in [0.25, 0.3) is 0 Å². The van der Waals surface area contributed by atoms with Crippen LogP contribution in [0.4, 0.5) is 0 Å². The minimum absolute atomic E-state index is 0.754. The van der Waals surface area contributed by atoms with Crippen LogP contribution >= 0.6 is 0 Å². The molecule has 0 amide bonds. The maximum Gasteiger partial charge on any atom is 0.192 e. The van der Waals surface area contributed by atoms with Crippen molar-refractivity contribution in [3.05, 3.63) is 66.2 Å². The van der Waals surface area contributed by atoms with E-state index in [0.29, 0.717) is 0 Å². The summed E-state index contributed by atoms with van der Waals surface area (Å²) < 4.78 is 2.10. The van der Waals surface area contributed by atoms with Gasteiger partial charge in [0.1, 0.15) is 5.69 Å². The molecule has 3 rings (SSSR count). The molecule has 0 N–H and O–H groups in total. The average Bonchev–Trinajstić information content (AvgIpc) is 2.41. The van der Waals surface area contributed by atoms with Gasteiger partial charge in [-0.2, -0.15) is 4.57 Å². The largest absolute Gasteiger partial charge is 0.249 e. The van der Waals surface area contributed by atoms with Crippen molar-refractivity contribution in [2.45, 2.75) is 13.5 Å². The van der Waals surface area contributed by atoms with Crippen LogP contribution in [-0.4, -0.2) is 9.97 Å². The van der Waals surface area contributed by atoms with E-state index in [0.717, 1.165) is 29.0 Å². The fraction of sp³-hybridized carbons (Fsp3) is 0.133. The Kier molecular flexibility index (Phi) is 2.73. The van der Waals surface area contributed by atoms with Crippen molar-refractivity contribution >= 4 is 11.0 Å². The Labute approximate surface area is 106 Å². The standard InChI is InChI=1S/C15H14N3/c1-12-15(11-18-9-5-2-6-10-18)17-14-8-4-3-7-13(14)16-12/h2-10H,11H2,1H3/q+1. The second kappa shape index (κ2) is 4.53. The zero-order valence-corrected chi connectivity index (χ0v) is 10.2. The van der Waals surface area contributed by atoms with Crippen molar-refractivity contribution in [3.8, 4) is 0 Å². The zero-order chi connectivity index (χ0) is 12.4. The summed E-state index contributed by atoms with van der Waals surface area (Å²) in [6.07, 6.45) is 4.08. The van der Waals surface area contributed by atoms with E-state index in [9.17, 15) is 0 Å². The van der Waals surface area contributed by atoms with Crippen molar-refractivity contribution in [3.63, 3.8) is 0 Å². The highest BCUT2D eigenvalue weighted by molar-refractivity contribution is 5.74. The van der Waals surface area contributed by atoms with Gasteiger partial charge in [-0.1, -0.05) is 18.2 Å². The second-order valence-electron chi connectivity index (χ2n) is 4.29. The van der Waals surface area contributed by atoms with E-state index < -0.39 is 0 Å². The predicted octanol–water partition coefficient (Wildman–Crippen LogP) is 2.27. The number of aromatic nitrogens is 3. The monoisotopic (exact) mass is 236 g/mol. The van der Waals surface area contributed by atoms with Gasteiger partial charge in [0.2, 0.25) is 0 Å². The lowest BCUT2D eigenvalue weighted by Gasteiger charge is -2.03. The van der Waals surface area contributed by atoms with Crippen LogP contribution in [-0.2, 0) is 6.54 Å². The second-order valence-corrected chi connectivity index (χ2v) is 4.29. The van der Waals surface area contributed by atoms with E-state index >= 15 is 0 Å². The van der Waals surface area contributed by atoms with Gasteiger partial charge in [-0.25, -0.2) is 9.97 Å². The average molecular weight is 236 g/mol. The number of para-hydroxylation sites is 2. The molecule has 0 fully saturated rings. The number of pyridine rings is 1. The molecule has 0 atom stereocenters. The molecule has 2 heterocycles. The van der Waals surface area contributed by atoms with Crippen LogP contribution in [0, 0.1) is 6.92 Å². The Balaban J connectivity index is 2.04. The fourth-order valence-electron chi connectivity index (χ4n) is 1.99. The minimum Gasteiger partial charge on any atom is -0.249 e. The van der Waals surface area contributed by atoms with Crippen molar-refractivity contribution in [2.24, 2.45) is 0 Å². The van der Waals surface area contributed by atoms with E-state index in [1.54, 1.807) is 0 Å². The lowest BCUT2D eigenvalue weighted by molar-refractivity contribution is -0.688. The summed E-state index contributed by atoms with van der Waals surface area (Å²) in [6, 6.07) is 14.0. The third-order valence-electron chi connectivity index (χ3n) is 2.95. The molecule has 3 nitrogen and oxygen atoms in total. The first kappa shape index (κ1) is 10.8. The molecule has 18 heavy (non-hydrogen) atoms. The van der Waals surface area contributed by atoms with Gasteiger partial charge in [0, 0.05) is 12.1 Å². The fourth-order valence-corrected chi connectivity index (χ4v) is 1.99. The summed E-state index contributed by atoms with van der Waals surface area (Å²) in [7, 11) is 0. The van der Waals surface area contributed by atoms with Crippen LogP contribution in [0.25, 0.3) is 11.0 Å². The van der Waals surface area contributed by atoms with Gasteiger partial charge >= 0.3 is 0 Å². The smallest absolute Gasteiger partial charge is 0.192 e. The summed E-state index contributed by atoms with van der Waals surface area (Å²) >= 11 is 0. The van der Waals surface area contributed by atoms with E-state index in [-0.39, 0.29) is 0 Å². The molecule has 1 aromatic carbocycles. The number of aryl methyl sites for hydroxylation is 1. The van der Waals surface area contributed by atoms with Crippen molar-refractivity contribution < 1.29 is 4.57 Å². The van der Waals surface area contributed by atoms with Gasteiger partial charge in [0.15, 0.2) is 18.9 Å². The Bertz CT molecular complexity index is 678. The minimum atomic E-state index is 0.754. The lowest BCUT2D eigenvalue weighted by atomic mass is 10.2. The van der Waals surface area contributed by atoms with Crippen molar-refractivity contribution in [1.29, 1.82) is 0 Å². The van der Waals surface area contributed by atoms with E-state index in [1.165, 1.54) is 0 Å². The molecular weight excluding hydrogens is 222 g/mol. The predicted molar refractivity (Wildman–Crippen MR) is 70.0 cm³/mol. The topological polar surface area (TPSA) is 29.7 Å². The summed E-state index contributed by atoms with van der Waals surface area (Å²) in [4.78, 5) is 9.28. The van der Waals surface area contributed by atoms with Gasteiger partial charge in [-0.15, -0.1) is 0 Å². The zero-order valence-electron chi connectivity index (χ0n) is 10.2. The molecule has 3 aromatic rings. The SMILES string of the molecule is Cc1nc2ccccc2nc1C[n+]1ccccc1. The number of hydrogen-bond acceptors (Lipinski definition) is 2. The Hall–Kier alpha value is -2.29. The number of hydrogen-bond donors (Lipinski definition) is 0. The van der Waals surface area contributed by atoms with Crippen molar-refractivity contribution in [1.82, 2.24) is 9.97 Å². The summed E-state index contributed by atoms with van der Waals surface area (Å²) in [5.41, 5.74) is 3.92. The van der Waals surface area contributed by atoms with Crippen LogP contribution in [0.5, 0.6) is 0 Å². The highest BCUT2D eigenvalue weighted by Gasteiger charge is 2.09. The molecule has 0 aliphatic carbocycles. The highest BCUT2D eigenvalue weighted by Crippen LogP contribution is 2.11. The van der Waals surface area contributed by atoms with E-state index in [2.05, 4.69) is 14.5 Å². The van der Waals surface area contributed by atoms with Crippen LogP contribution in [0.2, 0.25) is 0 Å². The first-order valence-electron chi connectivity index (χ1n) is 5.99.